The Morgan fingerprint density at radius 2 is 2.00 bits per heavy atom. The minimum Gasteiger partial charge on any atom is -0.465 e. The normalized spacial score (nSPS) is 14.1. The van der Waals surface area contributed by atoms with Gasteiger partial charge in [-0.15, -0.1) is 0 Å². The van der Waals surface area contributed by atoms with Gasteiger partial charge in [0.1, 0.15) is 0 Å². The van der Waals surface area contributed by atoms with Gasteiger partial charge in [-0.05, 0) is 44.5 Å². The van der Waals surface area contributed by atoms with Crippen LogP contribution in [-0.4, -0.2) is 19.1 Å². The fourth-order valence-electron chi connectivity index (χ4n) is 1.76. The predicted molar refractivity (Wildman–Crippen MR) is 69.1 cm³/mol. The first-order valence-electron chi connectivity index (χ1n) is 5.68. The minimum absolute atomic E-state index is 0.243. The van der Waals surface area contributed by atoms with Gasteiger partial charge in [0.25, 0.3) is 0 Å². The molecule has 0 heterocycles. The molecule has 0 saturated heterocycles. The number of halogens is 1. The van der Waals surface area contributed by atoms with E-state index in [1.807, 2.05) is 19.1 Å². The Labute approximate surface area is 107 Å². The number of hydrogen-bond donors (Lipinski definition) is 1. The molecule has 17 heavy (non-hydrogen) atoms. The first-order valence-corrected chi connectivity index (χ1v) is 6.05. The second-order valence-corrected chi connectivity index (χ2v) is 4.53. The maximum absolute atomic E-state index is 12.0. The van der Waals surface area contributed by atoms with Crippen molar-refractivity contribution in [2.45, 2.75) is 25.7 Å². The fourth-order valence-corrected chi connectivity index (χ4v) is 1.89. The summed E-state index contributed by atoms with van der Waals surface area (Å²) in [5.41, 5.74) is 5.76. The van der Waals surface area contributed by atoms with Gasteiger partial charge in [-0.3, -0.25) is 4.79 Å². The number of ether oxygens (including phenoxy) is 1. The minimum atomic E-state index is -0.699. The molecule has 0 aliphatic carbocycles. The SMILES string of the molecule is CCOC(=O)C(C)(CCN)c1ccc(Cl)cc1. The summed E-state index contributed by atoms with van der Waals surface area (Å²) in [7, 11) is 0. The summed E-state index contributed by atoms with van der Waals surface area (Å²) in [6, 6.07) is 7.22. The Kier molecular flexibility index (Phi) is 4.97. The summed E-state index contributed by atoms with van der Waals surface area (Å²) in [5, 5.41) is 0.646. The first-order chi connectivity index (χ1) is 8.04. The highest BCUT2D eigenvalue weighted by Gasteiger charge is 2.35. The van der Waals surface area contributed by atoms with Gasteiger partial charge in [0.15, 0.2) is 0 Å². The molecule has 0 fully saturated rings. The Balaban J connectivity index is 3.06. The number of carbonyl (C=O) groups is 1. The molecule has 0 amide bonds. The molecule has 1 atom stereocenters. The van der Waals surface area contributed by atoms with Gasteiger partial charge in [0.05, 0.1) is 12.0 Å². The summed E-state index contributed by atoms with van der Waals surface area (Å²) < 4.78 is 5.12. The van der Waals surface area contributed by atoms with Crippen LogP contribution in [-0.2, 0) is 14.9 Å². The molecule has 0 saturated carbocycles. The van der Waals surface area contributed by atoms with Gasteiger partial charge in [0, 0.05) is 5.02 Å². The van der Waals surface area contributed by atoms with E-state index in [9.17, 15) is 4.79 Å². The van der Waals surface area contributed by atoms with Crippen molar-refractivity contribution in [2.24, 2.45) is 5.73 Å². The van der Waals surface area contributed by atoms with Crippen molar-refractivity contribution in [1.82, 2.24) is 0 Å². The molecule has 3 nitrogen and oxygen atoms in total. The van der Waals surface area contributed by atoms with E-state index in [0.717, 1.165) is 5.56 Å². The smallest absolute Gasteiger partial charge is 0.316 e. The van der Waals surface area contributed by atoms with Crippen LogP contribution in [0.2, 0.25) is 5.02 Å². The molecular formula is C13H18ClNO2. The van der Waals surface area contributed by atoms with Crippen LogP contribution in [0, 0.1) is 0 Å². The van der Waals surface area contributed by atoms with Crippen molar-refractivity contribution >= 4 is 17.6 Å². The van der Waals surface area contributed by atoms with E-state index in [4.69, 9.17) is 22.1 Å². The van der Waals surface area contributed by atoms with Gasteiger partial charge in [-0.1, -0.05) is 23.7 Å². The summed E-state index contributed by atoms with van der Waals surface area (Å²) in [4.78, 5) is 12.0. The quantitative estimate of drug-likeness (QED) is 0.823. The molecule has 0 aliphatic rings. The molecule has 2 N–H and O–H groups in total. The van der Waals surface area contributed by atoms with Gasteiger partial charge in [-0.25, -0.2) is 0 Å². The molecule has 0 aliphatic heterocycles. The topological polar surface area (TPSA) is 52.3 Å². The van der Waals surface area contributed by atoms with Gasteiger partial charge in [0.2, 0.25) is 0 Å². The Morgan fingerprint density at radius 3 is 2.47 bits per heavy atom. The van der Waals surface area contributed by atoms with Crippen molar-refractivity contribution < 1.29 is 9.53 Å². The van der Waals surface area contributed by atoms with E-state index in [2.05, 4.69) is 0 Å². The first kappa shape index (κ1) is 14.0. The van der Waals surface area contributed by atoms with Crippen molar-refractivity contribution in [1.29, 1.82) is 0 Å². The highest BCUT2D eigenvalue weighted by Crippen LogP contribution is 2.29. The number of hydrogen-bond acceptors (Lipinski definition) is 3. The third-order valence-electron chi connectivity index (χ3n) is 2.85. The summed E-state index contributed by atoms with van der Waals surface area (Å²) >= 11 is 5.84. The zero-order chi connectivity index (χ0) is 12.9. The highest BCUT2D eigenvalue weighted by molar-refractivity contribution is 6.30. The maximum atomic E-state index is 12.0. The Hall–Kier alpha value is -1.06. The van der Waals surface area contributed by atoms with Crippen molar-refractivity contribution in [2.75, 3.05) is 13.2 Å². The van der Waals surface area contributed by atoms with Crippen LogP contribution >= 0.6 is 11.6 Å². The van der Waals surface area contributed by atoms with E-state index in [0.29, 0.717) is 24.6 Å². The lowest BCUT2D eigenvalue weighted by Gasteiger charge is -2.27. The van der Waals surface area contributed by atoms with Crippen LogP contribution in [0.25, 0.3) is 0 Å². The fraction of sp³-hybridized carbons (Fsp3) is 0.462. The zero-order valence-electron chi connectivity index (χ0n) is 10.2. The molecule has 1 rings (SSSR count). The van der Waals surface area contributed by atoms with Gasteiger partial charge >= 0.3 is 5.97 Å². The average molecular weight is 256 g/mol. The second kappa shape index (κ2) is 6.03. The molecule has 4 heteroatoms. The number of esters is 1. The Bertz CT molecular complexity index is 378. The molecular weight excluding hydrogens is 238 g/mol. The van der Waals surface area contributed by atoms with Crippen molar-refractivity contribution in [3.63, 3.8) is 0 Å². The van der Waals surface area contributed by atoms with Gasteiger partial charge < -0.3 is 10.5 Å². The maximum Gasteiger partial charge on any atom is 0.316 e. The third kappa shape index (κ3) is 3.20. The van der Waals surface area contributed by atoms with Crippen molar-refractivity contribution in [3.8, 4) is 0 Å². The molecule has 0 spiro atoms. The van der Waals surface area contributed by atoms with E-state index in [1.54, 1.807) is 19.1 Å². The lowest BCUT2D eigenvalue weighted by molar-refractivity contribution is -0.149. The van der Waals surface area contributed by atoms with Crippen LogP contribution in [0.15, 0.2) is 24.3 Å². The molecule has 94 valence electrons. The third-order valence-corrected chi connectivity index (χ3v) is 3.10. The second-order valence-electron chi connectivity index (χ2n) is 4.10. The molecule has 0 radical (unpaired) electrons. The van der Waals surface area contributed by atoms with E-state index in [-0.39, 0.29) is 5.97 Å². The average Bonchev–Trinajstić information content (AvgIpc) is 2.30. The van der Waals surface area contributed by atoms with Crippen LogP contribution < -0.4 is 5.73 Å². The van der Waals surface area contributed by atoms with Gasteiger partial charge in [-0.2, -0.15) is 0 Å². The largest absolute Gasteiger partial charge is 0.465 e. The lowest BCUT2D eigenvalue weighted by Crippen LogP contribution is -2.36. The monoisotopic (exact) mass is 255 g/mol. The molecule has 0 aromatic heterocycles. The number of benzene rings is 1. The molecule has 1 aromatic carbocycles. The standard InChI is InChI=1S/C13H18ClNO2/c1-3-17-12(16)13(2,8-9-15)10-4-6-11(14)7-5-10/h4-7H,3,8-9,15H2,1-2H3. The number of nitrogens with two attached hydrogens (primary N) is 1. The summed E-state index contributed by atoms with van der Waals surface area (Å²) in [5.74, 6) is -0.243. The molecule has 1 unspecified atom stereocenters. The highest BCUT2D eigenvalue weighted by atomic mass is 35.5. The van der Waals surface area contributed by atoms with Crippen LogP contribution in [0.5, 0.6) is 0 Å². The summed E-state index contributed by atoms with van der Waals surface area (Å²) in [6.07, 6.45) is 0.549. The van der Waals surface area contributed by atoms with Crippen LogP contribution in [0.1, 0.15) is 25.8 Å². The van der Waals surface area contributed by atoms with Crippen molar-refractivity contribution in [3.05, 3.63) is 34.9 Å². The van der Waals surface area contributed by atoms with E-state index < -0.39 is 5.41 Å². The number of rotatable bonds is 5. The van der Waals surface area contributed by atoms with Crippen LogP contribution in [0.3, 0.4) is 0 Å². The molecule has 0 bridgehead atoms. The van der Waals surface area contributed by atoms with E-state index in [1.165, 1.54) is 0 Å². The van der Waals surface area contributed by atoms with E-state index >= 15 is 0 Å². The summed E-state index contributed by atoms with van der Waals surface area (Å²) in [6.45, 7) is 4.44. The lowest BCUT2D eigenvalue weighted by atomic mass is 9.79. The predicted octanol–water partition coefficient (Wildman–Crippen LogP) is 2.51. The number of carbonyl (C=O) groups excluding carboxylic acids is 1. The van der Waals surface area contributed by atoms with Crippen LogP contribution in [0.4, 0.5) is 0 Å². The Morgan fingerprint density at radius 1 is 1.41 bits per heavy atom. The zero-order valence-corrected chi connectivity index (χ0v) is 11.0. The molecule has 1 aromatic rings.